The Morgan fingerprint density at radius 2 is 2.21 bits per heavy atom. The van der Waals surface area contributed by atoms with Gasteiger partial charge in [0.15, 0.2) is 0 Å². The van der Waals surface area contributed by atoms with Crippen molar-refractivity contribution in [1.29, 1.82) is 0 Å². The van der Waals surface area contributed by atoms with E-state index in [2.05, 4.69) is 24.5 Å². The van der Waals surface area contributed by atoms with Crippen LogP contribution in [0.5, 0.6) is 0 Å². The molecule has 0 aliphatic heterocycles. The molecule has 1 amide bonds. The number of benzene rings is 1. The predicted octanol–water partition coefficient (Wildman–Crippen LogP) is 3.43. The smallest absolute Gasteiger partial charge is 0.251 e. The van der Waals surface area contributed by atoms with Crippen molar-refractivity contribution in [3.63, 3.8) is 0 Å². The Kier molecular flexibility index (Phi) is 4.83. The topological polar surface area (TPSA) is 41.1 Å². The molecule has 2 N–H and O–H groups in total. The monoisotopic (exact) mass is 260 g/mol. The van der Waals surface area contributed by atoms with Gasteiger partial charge in [0.1, 0.15) is 0 Å². The van der Waals surface area contributed by atoms with E-state index in [1.165, 1.54) is 12.8 Å². The summed E-state index contributed by atoms with van der Waals surface area (Å²) in [5.41, 5.74) is 1.78. The summed E-state index contributed by atoms with van der Waals surface area (Å²) in [6, 6.07) is 8.18. The van der Waals surface area contributed by atoms with Crippen molar-refractivity contribution in [2.45, 2.75) is 45.6 Å². The fourth-order valence-electron chi connectivity index (χ4n) is 2.15. The molecule has 1 atom stereocenters. The standard InChI is InChI=1S/C16H24N2O/c1-3-5-12(2)11-17-15-7-4-6-13(10-15)16(19)18-14-8-9-14/h4,6-7,10,12,14,17H,3,5,8-9,11H2,1-2H3,(H,18,19). The second-order valence-electron chi connectivity index (χ2n) is 5.60. The highest BCUT2D eigenvalue weighted by molar-refractivity contribution is 5.95. The minimum Gasteiger partial charge on any atom is -0.385 e. The van der Waals surface area contributed by atoms with Crippen LogP contribution in [0.4, 0.5) is 5.69 Å². The first-order valence-electron chi connectivity index (χ1n) is 7.34. The highest BCUT2D eigenvalue weighted by atomic mass is 16.1. The van der Waals surface area contributed by atoms with Crippen molar-refractivity contribution in [1.82, 2.24) is 5.32 Å². The maximum absolute atomic E-state index is 11.9. The Bertz CT molecular complexity index is 427. The second-order valence-corrected chi connectivity index (χ2v) is 5.60. The number of rotatable bonds is 7. The van der Waals surface area contributed by atoms with Crippen LogP contribution in [-0.2, 0) is 0 Å². The maximum atomic E-state index is 11.9. The van der Waals surface area contributed by atoms with Crippen LogP contribution in [0.15, 0.2) is 24.3 Å². The molecule has 1 aliphatic carbocycles. The van der Waals surface area contributed by atoms with E-state index >= 15 is 0 Å². The van der Waals surface area contributed by atoms with Crippen LogP contribution < -0.4 is 10.6 Å². The van der Waals surface area contributed by atoms with Gasteiger partial charge in [0.2, 0.25) is 0 Å². The maximum Gasteiger partial charge on any atom is 0.251 e. The van der Waals surface area contributed by atoms with Crippen molar-refractivity contribution in [3.05, 3.63) is 29.8 Å². The van der Waals surface area contributed by atoms with Gasteiger partial charge < -0.3 is 10.6 Å². The minimum atomic E-state index is 0.0488. The van der Waals surface area contributed by atoms with E-state index in [4.69, 9.17) is 0 Å². The van der Waals surface area contributed by atoms with Crippen LogP contribution in [0.1, 0.15) is 49.9 Å². The van der Waals surface area contributed by atoms with Gasteiger partial charge in [-0.25, -0.2) is 0 Å². The Morgan fingerprint density at radius 1 is 1.42 bits per heavy atom. The lowest BCUT2D eigenvalue weighted by Crippen LogP contribution is -2.25. The molecule has 3 heteroatoms. The summed E-state index contributed by atoms with van der Waals surface area (Å²) in [6.07, 6.45) is 4.69. The van der Waals surface area contributed by atoms with Gasteiger partial charge in [-0.1, -0.05) is 26.3 Å². The molecule has 1 aromatic rings. The SMILES string of the molecule is CCCC(C)CNc1cccc(C(=O)NC2CC2)c1. The number of carbonyl (C=O) groups is 1. The molecule has 19 heavy (non-hydrogen) atoms. The van der Waals surface area contributed by atoms with E-state index in [0.29, 0.717) is 12.0 Å². The van der Waals surface area contributed by atoms with Gasteiger partial charge in [-0.3, -0.25) is 4.79 Å². The third-order valence-corrected chi connectivity index (χ3v) is 3.47. The van der Waals surface area contributed by atoms with Crippen LogP contribution >= 0.6 is 0 Å². The van der Waals surface area contributed by atoms with Crippen LogP contribution in [0.25, 0.3) is 0 Å². The van der Waals surface area contributed by atoms with Gasteiger partial charge in [-0.15, -0.1) is 0 Å². The molecule has 2 rings (SSSR count). The molecule has 3 nitrogen and oxygen atoms in total. The van der Waals surface area contributed by atoms with Crippen LogP contribution in [0.3, 0.4) is 0 Å². The van der Waals surface area contributed by atoms with Gasteiger partial charge in [0.25, 0.3) is 5.91 Å². The van der Waals surface area contributed by atoms with Crippen LogP contribution in [0, 0.1) is 5.92 Å². The summed E-state index contributed by atoms with van der Waals surface area (Å²) in [5, 5.41) is 6.43. The summed E-state index contributed by atoms with van der Waals surface area (Å²) in [7, 11) is 0. The van der Waals surface area contributed by atoms with Crippen molar-refractivity contribution in [3.8, 4) is 0 Å². The lowest BCUT2D eigenvalue weighted by atomic mass is 10.1. The molecule has 0 spiro atoms. The zero-order valence-corrected chi connectivity index (χ0v) is 11.9. The summed E-state index contributed by atoms with van der Waals surface area (Å²) in [4.78, 5) is 11.9. The molecule has 1 fully saturated rings. The van der Waals surface area contributed by atoms with E-state index in [1.807, 2.05) is 24.3 Å². The normalized spacial score (nSPS) is 15.9. The average Bonchev–Trinajstić information content (AvgIpc) is 3.21. The Balaban J connectivity index is 1.88. The molecular formula is C16H24N2O. The summed E-state index contributed by atoms with van der Waals surface area (Å²) < 4.78 is 0. The fraction of sp³-hybridized carbons (Fsp3) is 0.562. The van der Waals surface area contributed by atoms with Gasteiger partial charge >= 0.3 is 0 Å². The Morgan fingerprint density at radius 3 is 2.89 bits per heavy atom. The lowest BCUT2D eigenvalue weighted by molar-refractivity contribution is 0.0951. The molecule has 0 bridgehead atoms. The Labute approximate surface area is 115 Å². The molecule has 0 saturated heterocycles. The first-order chi connectivity index (χ1) is 9.19. The van der Waals surface area contributed by atoms with Crippen molar-refractivity contribution in [2.24, 2.45) is 5.92 Å². The second kappa shape index (κ2) is 6.60. The molecule has 104 valence electrons. The first kappa shape index (κ1) is 13.9. The quantitative estimate of drug-likeness (QED) is 0.788. The first-order valence-corrected chi connectivity index (χ1v) is 7.34. The number of hydrogen-bond donors (Lipinski definition) is 2. The number of amides is 1. The van der Waals surface area contributed by atoms with Gasteiger partial charge in [-0.2, -0.15) is 0 Å². The van der Waals surface area contributed by atoms with E-state index < -0.39 is 0 Å². The highest BCUT2D eigenvalue weighted by Gasteiger charge is 2.23. The van der Waals surface area contributed by atoms with Gasteiger partial charge in [0, 0.05) is 23.8 Å². The van der Waals surface area contributed by atoms with E-state index in [1.54, 1.807) is 0 Å². The molecule has 1 aliphatic rings. The summed E-state index contributed by atoms with van der Waals surface area (Å²) >= 11 is 0. The zero-order chi connectivity index (χ0) is 13.7. The minimum absolute atomic E-state index is 0.0488. The molecule has 0 heterocycles. The Hall–Kier alpha value is -1.51. The number of hydrogen-bond acceptors (Lipinski definition) is 2. The van der Waals surface area contributed by atoms with Crippen molar-refractivity contribution < 1.29 is 4.79 Å². The third-order valence-electron chi connectivity index (χ3n) is 3.47. The van der Waals surface area contributed by atoms with Crippen LogP contribution in [-0.4, -0.2) is 18.5 Å². The largest absolute Gasteiger partial charge is 0.385 e. The number of nitrogens with one attached hydrogen (secondary N) is 2. The lowest BCUT2D eigenvalue weighted by Gasteiger charge is -2.13. The molecule has 1 aromatic carbocycles. The average molecular weight is 260 g/mol. The van der Waals surface area contributed by atoms with Gasteiger partial charge in [-0.05, 0) is 43.4 Å². The number of anilines is 1. The van der Waals surface area contributed by atoms with E-state index in [0.717, 1.165) is 30.6 Å². The van der Waals surface area contributed by atoms with Crippen molar-refractivity contribution >= 4 is 11.6 Å². The molecule has 1 saturated carbocycles. The number of carbonyl (C=O) groups excluding carboxylic acids is 1. The highest BCUT2D eigenvalue weighted by Crippen LogP contribution is 2.20. The molecule has 0 radical (unpaired) electrons. The third kappa shape index (κ3) is 4.58. The zero-order valence-electron chi connectivity index (χ0n) is 11.9. The van der Waals surface area contributed by atoms with E-state index in [-0.39, 0.29) is 5.91 Å². The molecular weight excluding hydrogens is 236 g/mol. The molecule has 0 aromatic heterocycles. The van der Waals surface area contributed by atoms with Crippen molar-refractivity contribution in [2.75, 3.05) is 11.9 Å². The summed E-state index contributed by atoms with van der Waals surface area (Å²) in [5.74, 6) is 0.710. The van der Waals surface area contributed by atoms with E-state index in [9.17, 15) is 4.79 Å². The predicted molar refractivity (Wildman–Crippen MR) is 79.5 cm³/mol. The van der Waals surface area contributed by atoms with Crippen LogP contribution in [0.2, 0.25) is 0 Å². The van der Waals surface area contributed by atoms with Gasteiger partial charge in [0.05, 0.1) is 0 Å². The summed E-state index contributed by atoms with van der Waals surface area (Å²) in [6.45, 7) is 5.42. The molecule has 1 unspecified atom stereocenters. The fourth-order valence-corrected chi connectivity index (χ4v) is 2.15.